The summed E-state index contributed by atoms with van der Waals surface area (Å²) in [5.74, 6) is -0.247. The molecule has 0 amide bonds. The first-order valence-electron chi connectivity index (χ1n) is 6.43. The van der Waals surface area contributed by atoms with Crippen LogP contribution in [0.1, 0.15) is 11.1 Å². The molecule has 6 heteroatoms. The first-order valence-corrected chi connectivity index (χ1v) is 7.23. The molecule has 108 valence electrons. The number of halogens is 2. The molecule has 2 aromatic rings. The van der Waals surface area contributed by atoms with Crippen LogP contribution in [0.4, 0.5) is 15.8 Å². The number of anilines is 2. The van der Waals surface area contributed by atoms with Gasteiger partial charge in [0, 0.05) is 22.3 Å². The smallest absolute Gasteiger partial charge is 0.172 e. The van der Waals surface area contributed by atoms with Gasteiger partial charge >= 0.3 is 0 Å². The molecular weight excluding hydrogens is 337 g/mol. The zero-order valence-electron chi connectivity index (χ0n) is 11.1. The van der Waals surface area contributed by atoms with E-state index in [4.69, 9.17) is 10.9 Å². The molecule has 0 aromatic heterocycles. The van der Waals surface area contributed by atoms with Gasteiger partial charge in [0.25, 0.3) is 0 Å². The lowest BCUT2D eigenvalue weighted by Crippen LogP contribution is -2.21. The number of hydrogen-bond acceptors (Lipinski definition) is 3. The van der Waals surface area contributed by atoms with Crippen LogP contribution in [0.15, 0.2) is 46.0 Å². The molecule has 0 saturated carbocycles. The van der Waals surface area contributed by atoms with Gasteiger partial charge in [-0.3, -0.25) is 0 Å². The minimum atomic E-state index is -0.277. The first-order chi connectivity index (χ1) is 10.1. The monoisotopic (exact) mass is 349 g/mol. The second kappa shape index (κ2) is 5.37. The Balaban J connectivity index is 2.15. The van der Waals surface area contributed by atoms with E-state index in [9.17, 15) is 4.39 Å². The maximum atomic E-state index is 13.5. The summed E-state index contributed by atoms with van der Waals surface area (Å²) >= 11 is 3.42. The fraction of sp³-hybridized carbons (Fsp3) is 0.133. The zero-order valence-corrected chi connectivity index (χ0v) is 12.6. The predicted octanol–water partition coefficient (Wildman–Crippen LogP) is 3.38. The van der Waals surface area contributed by atoms with Crippen LogP contribution in [0, 0.1) is 5.82 Å². The van der Waals surface area contributed by atoms with Crippen LogP contribution in [0.25, 0.3) is 0 Å². The molecule has 21 heavy (non-hydrogen) atoms. The van der Waals surface area contributed by atoms with Gasteiger partial charge in [-0.2, -0.15) is 0 Å². The van der Waals surface area contributed by atoms with Gasteiger partial charge in [0.15, 0.2) is 5.84 Å². The van der Waals surface area contributed by atoms with Crippen LogP contribution < -0.4 is 10.6 Å². The predicted molar refractivity (Wildman–Crippen MR) is 83.8 cm³/mol. The third-order valence-electron chi connectivity index (χ3n) is 3.58. The molecule has 1 heterocycles. The molecule has 2 aromatic carbocycles. The lowest BCUT2D eigenvalue weighted by molar-refractivity contribution is 0.318. The Hall–Kier alpha value is -2.08. The van der Waals surface area contributed by atoms with Crippen molar-refractivity contribution in [1.82, 2.24) is 0 Å². The van der Waals surface area contributed by atoms with E-state index < -0.39 is 0 Å². The molecule has 1 aliphatic heterocycles. The lowest BCUT2D eigenvalue weighted by atomic mass is 10.1. The summed E-state index contributed by atoms with van der Waals surface area (Å²) in [6, 6.07) is 10.2. The van der Waals surface area contributed by atoms with Gasteiger partial charge in [0.05, 0.1) is 5.69 Å². The summed E-state index contributed by atoms with van der Waals surface area (Å²) in [5.41, 5.74) is 9.04. The number of fused-ring (bicyclic) bond motifs is 1. The molecule has 0 unspecified atom stereocenters. The Morgan fingerprint density at radius 3 is 2.81 bits per heavy atom. The highest BCUT2D eigenvalue weighted by Gasteiger charge is 2.24. The summed E-state index contributed by atoms with van der Waals surface area (Å²) in [6.45, 7) is 0.723. The van der Waals surface area contributed by atoms with E-state index in [0.29, 0.717) is 5.56 Å². The molecule has 0 atom stereocenters. The minimum Gasteiger partial charge on any atom is -0.409 e. The maximum absolute atomic E-state index is 13.5. The highest BCUT2D eigenvalue weighted by Crippen LogP contribution is 2.37. The van der Waals surface area contributed by atoms with Gasteiger partial charge in [0.2, 0.25) is 0 Å². The normalized spacial score (nSPS) is 14.4. The average molecular weight is 350 g/mol. The highest BCUT2D eigenvalue weighted by molar-refractivity contribution is 9.10. The second-order valence-electron chi connectivity index (χ2n) is 4.82. The summed E-state index contributed by atoms with van der Waals surface area (Å²) in [4.78, 5) is 1.98. The topological polar surface area (TPSA) is 61.9 Å². The summed E-state index contributed by atoms with van der Waals surface area (Å²) in [6.07, 6.45) is 0.831. The Labute approximate surface area is 129 Å². The van der Waals surface area contributed by atoms with Crippen LogP contribution in [-0.4, -0.2) is 17.6 Å². The van der Waals surface area contributed by atoms with Crippen molar-refractivity contribution in [3.05, 3.63) is 57.8 Å². The van der Waals surface area contributed by atoms with Gasteiger partial charge in [-0.1, -0.05) is 27.2 Å². The molecule has 0 fully saturated rings. The molecule has 0 spiro atoms. The van der Waals surface area contributed by atoms with Gasteiger partial charge < -0.3 is 15.8 Å². The Kier molecular flexibility index (Phi) is 3.55. The largest absolute Gasteiger partial charge is 0.409 e. The number of oxime groups is 1. The molecular formula is C15H13BrFN3O. The van der Waals surface area contributed by atoms with Crippen LogP contribution in [0.3, 0.4) is 0 Å². The van der Waals surface area contributed by atoms with Crippen LogP contribution in [0.2, 0.25) is 0 Å². The highest BCUT2D eigenvalue weighted by atomic mass is 79.9. The fourth-order valence-electron chi connectivity index (χ4n) is 2.60. The molecule has 3 rings (SSSR count). The fourth-order valence-corrected chi connectivity index (χ4v) is 2.95. The molecule has 3 N–H and O–H groups in total. The van der Waals surface area contributed by atoms with Crippen molar-refractivity contribution >= 4 is 33.1 Å². The van der Waals surface area contributed by atoms with Crippen molar-refractivity contribution in [2.45, 2.75) is 6.42 Å². The average Bonchev–Trinajstić information content (AvgIpc) is 2.89. The third-order valence-corrected chi connectivity index (χ3v) is 4.07. The van der Waals surface area contributed by atoms with Gasteiger partial charge in [0.1, 0.15) is 5.82 Å². The van der Waals surface area contributed by atoms with Crippen molar-refractivity contribution in [1.29, 1.82) is 0 Å². The van der Waals surface area contributed by atoms with Crippen LogP contribution >= 0.6 is 15.9 Å². The quantitative estimate of drug-likeness (QED) is 0.378. The first kappa shape index (κ1) is 13.9. The van der Waals surface area contributed by atoms with Crippen LogP contribution in [0.5, 0.6) is 0 Å². The Morgan fingerprint density at radius 2 is 2.05 bits per heavy atom. The van der Waals surface area contributed by atoms with Gasteiger partial charge in [-0.25, -0.2) is 4.39 Å². The molecule has 4 nitrogen and oxygen atoms in total. The van der Waals surface area contributed by atoms with E-state index in [1.807, 2.05) is 17.0 Å². The summed E-state index contributed by atoms with van der Waals surface area (Å²) in [5, 5.41) is 12.0. The number of hydrogen-bond donors (Lipinski definition) is 2. The van der Waals surface area contributed by atoms with Gasteiger partial charge in [-0.15, -0.1) is 0 Å². The van der Waals surface area contributed by atoms with E-state index >= 15 is 0 Å². The van der Waals surface area contributed by atoms with Gasteiger partial charge in [-0.05, 0) is 42.3 Å². The van der Waals surface area contributed by atoms with Crippen molar-refractivity contribution in [3.63, 3.8) is 0 Å². The summed E-state index contributed by atoms with van der Waals surface area (Å²) < 4.78 is 14.4. The van der Waals surface area contributed by atoms with Crippen molar-refractivity contribution in [3.8, 4) is 0 Å². The molecule has 0 saturated heterocycles. The second-order valence-corrected chi connectivity index (χ2v) is 5.74. The third kappa shape index (κ3) is 2.47. The summed E-state index contributed by atoms with van der Waals surface area (Å²) in [7, 11) is 0. The number of nitrogens with two attached hydrogens (primary N) is 1. The van der Waals surface area contributed by atoms with E-state index in [1.54, 1.807) is 12.1 Å². The van der Waals surface area contributed by atoms with E-state index in [1.165, 1.54) is 12.1 Å². The minimum absolute atomic E-state index is 0.0300. The van der Waals surface area contributed by atoms with Crippen molar-refractivity contribution in [2.75, 3.05) is 11.4 Å². The lowest BCUT2D eigenvalue weighted by Gasteiger charge is -2.22. The Bertz CT molecular complexity index is 733. The standard InChI is InChI=1S/C15H13BrFN3O/c16-10-2-4-12(15(18)19-21)14(7-10)20-6-5-9-1-3-11(17)8-13(9)20/h1-4,7-8,21H,5-6H2,(H2,18,19). The van der Waals surface area contributed by atoms with E-state index in [0.717, 1.165) is 34.4 Å². The van der Waals surface area contributed by atoms with Crippen LogP contribution in [-0.2, 0) is 6.42 Å². The molecule has 0 bridgehead atoms. The SMILES string of the molecule is N/C(=N/O)c1ccc(Br)cc1N1CCc2ccc(F)cc21. The number of rotatable bonds is 2. The number of nitrogens with zero attached hydrogens (tertiary/aromatic N) is 2. The molecule has 1 aliphatic rings. The van der Waals surface area contributed by atoms with Crippen molar-refractivity contribution < 1.29 is 9.60 Å². The van der Waals surface area contributed by atoms with E-state index in [-0.39, 0.29) is 11.7 Å². The molecule has 0 aliphatic carbocycles. The Morgan fingerprint density at radius 1 is 1.24 bits per heavy atom. The zero-order chi connectivity index (χ0) is 15.0. The van der Waals surface area contributed by atoms with E-state index in [2.05, 4.69) is 21.1 Å². The maximum Gasteiger partial charge on any atom is 0.172 e. The number of benzene rings is 2. The van der Waals surface area contributed by atoms with Crippen molar-refractivity contribution in [2.24, 2.45) is 10.9 Å². The number of amidine groups is 1. The molecule has 0 radical (unpaired) electrons.